The quantitative estimate of drug-likeness (QED) is 0.0858. The summed E-state index contributed by atoms with van der Waals surface area (Å²) in [5.74, 6) is -9.52. The van der Waals surface area contributed by atoms with Crippen LogP contribution in [0.2, 0.25) is 0 Å². The molecule has 0 saturated carbocycles. The van der Waals surface area contributed by atoms with E-state index in [1.165, 1.54) is 59.1 Å². The van der Waals surface area contributed by atoms with Crippen LogP contribution in [0.25, 0.3) is 10.8 Å². The molecule has 0 fully saturated rings. The number of amides is 2. The Morgan fingerprint density at radius 2 is 1.65 bits per heavy atom. The number of aliphatic hydroxyl groups is 2. The molecule has 16 heteroatoms. The number of ketones is 1. The highest BCUT2D eigenvalue weighted by Gasteiger charge is 2.50. The Labute approximate surface area is 330 Å². The van der Waals surface area contributed by atoms with Gasteiger partial charge in [0.1, 0.15) is 41.3 Å². The predicted molar refractivity (Wildman–Crippen MR) is 209 cm³/mol. The summed E-state index contributed by atoms with van der Waals surface area (Å²) in [6.45, 7) is 15.4. The lowest BCUT2D eigenvalue weighted by atomic mass is 9.78. The van der Waals surface area contributed by atoms with Gasteiger partial charge in [-0.25, -0.2) is 4.79 Å². The van der Waals surface area contributed by atoms with Crippen molar-refractivity contribution >= 4 is 45.9 Å². The average molecular weight is 797 g/mol. The number of hydrogen-bond donors (Lipinski definition) is 7. The van der Waals surface area contributed by atoms with E-state index < -0.39 is 117 Å². The zero-order valence-electron chi connectivity index (χ0n) is 33.4. The molecule has 9 atom stereocenters. The number of Topliss-reactive ketones (excluding diaryl/α,β-unsaturated/α-hetero) is 1. The highest BCUT2D eigenvalue weighted by molar-refractivity contribution is 6.24. The second kappa shape index (κ2) is 17.7. The third kappa shape index (κ3) is 8.72. The molecule has 16 nitrogen and oxygen atoms in total. The zero-order chi connectivity index (χ0) is 42.7. The summed E-state index contributed by atoms with van der Waals surface area (Å²) < 4.78 is 28.3. The fraction of sp³-hybridized carbons (Fsp3) is 0.463. The number of allylic oxidation sites excluding steroid dienone is 2. The van der Waals surface area contributed by atoms with Crippen LogP contribution in [0.1, 0.15) is 64.4 Å². The Bertz CT molecular complexity index is 2020. The number of benzene rings is 2. The van der Waals surface area contributed by atoms with Gasteiger partial charge in [-0.05, 0) is 19.9 Å². The van der Waals surface area contributed by atoms with Gasteiger partial charge in [0, 0.05) is 61.2 Å². The van der Waals surface area contributed by atoms with E-state index in [1.54, 1.807) is 33.8 Å². The Morgan fingerprint density at radius 3 is 2.26 bits per heavy atom. The maximum absolute atomic E-state index is 14.3. The number of nitrogens with one attached hydrogen (secondary N) is 2. The number of esters is 1. The van der Waals surface area contributed by atoms with E-state index in [0.29, 0.717) is 0 Å². The maximum Gasteiger partial charge on any atom is 0.412 e. The molecule has 5 bridgehead atoms. The van der Waals surface area contributed by atoms with E-state index in [0.717, 1.165) is 6.26 Å². The minimum atomic E-state index is -2.12. The van der Waals surface area contributed by atoms with Crippen molar-refractivity contribution < 1.29 is 68.4 Å². The number of anilines is 2. The van der Waals surface area contributed by atoms with Crippen LogP contribution >= 0.6 is 0 Å². The first-order valence-corrected chi connectivity index (χ1v) is 18.3. The maximum atomic E-state index is 14.3. The van der Waals surface area contributed by atoms with Gasteiger partial charge in [0.25, 0.3) is 11.7 Å². The lowest BCUT2D eigenvalue weighted by molar-refractivity contribution is -0.160. The fourth-order valence-corrected chi connectivity index (χ4v) is 7.12. The molecule has 0 unspecified atom stereocenters. The van der Waals surface area contributed by atoms with Gasteiger partial charge >= 0.3 is 17.8 Å². The van der Waals surface area contributed by atoms with Crippen LogP contribution in [-0.4, -0.2) is 93.2 Å². The number of fused-ring (bicyclic) bond motifs is 14. The van der Waals surface area contributed by atoms with Crippen molar-refractivity contribution in [3.05, 3.63) is 59.9 Å². The number of phenols is 3. The fourth-order valence-electron chi connectivity index (χ4n) is 7.12. The molecular formula is C41H52N2O14. The number of aromatic hydroxyl groups is 3. The predicted octanol–water partition coefficient (Wildman–Crippen LogP) is 5.49. The summed E-state index contributed by atoms with van der Waals surface area (Å²) in [4.78, 5) is 52.9. The summed E-state index contributed by atoms with van der Waals surface area (Å²) in [7, 11) is 1.40. The van der Waals surface area contributed by atoms with Crippen molar-refractivity contribution in [1.82, 2.24) is 0 Å². The average Bonchev–Trinajstić information content (AvgIpc) is 3.43. The summed E-state index contributed by atoms with van der Waals surface area (Å²) >= 11 is 0. The molecule has 0 aromatic heterocycles. The molecule has 0 aliphatic carbocycles. The SMILES string of the molecule is C=CCOC(=O)Nc1c2c(O)c3c(O)c(C)c4c(c3c1O)C(=O)[C@@](C)(O/C=C/[C@H](OC)[C@@H](C)[C@@H](OC(C)=O)[C@H](C)[C@@H](O)[C@H](C)[C@@H](O)[C@H](C)/C=C/C=C(/C)C(=O)N2)O4. The summed E-state index contributed by atoms with van der Waals surface area (Å²) in [6, 6.07) is 0. The van der Waals surface area contributed by atoms with E-state index in [4.69, 9.17) is 23.7 Å². The van der Waals surface area contributed by atoms with Crippen molar-refractivity contribution in [2.45, 2.75) is 85.6 Å². The molecule has 0 spiro atoms. The molecule has 7 N–H and O–H groups in total. The Hall–Kier alpha value is -5.58. The molecule has 3 aliphatic heterocycles. The Morgan fingerprint density at radius 1 is 0.982 bits per heavy atom. The molecule has 3 heterocycles. The first-order chi connectivity index (χ1) is 26.7. The zero-order valence-corrected chi connectivity index (χ0v) is 33.4. The molecule has 2 amide bonds. The van der Waals surface area contributed by atoms with Crippen LogP contribution in [0, 0.1) is 30.6 Å². The van der Waals surface area contributed by atoms with E-state index in [1.807, 2.05) is 0 Å². The van der Waals surface area contributed by atoms with Gasteiger partial charge in [0.2, 0.25) is 0 Å². The van der Waals surface area contributed by atoms with Gasteiger partial charge in [-0.1, -0.05) is 58.6 Å². The van der Waals surface area contributed by atoms with Crippen molar-refractivity contribution in [2.24, 2.45) is 23.7 Å². The highest BCUT2D eigenvalue weighted by atomic mass is 16.7. The van der Waals surface area contributed by atoms with Crippen molar-refractivity contribution in [1.29, 1.82) is 0 Å². The van der Waals surface area contributed by atoms with Crippen LogP contribution in [0.3, 0.4) is 0 Å². The second-order valence-electron chi connectivity index (χ2n) is 14.6. The third-order valence-corrected chi connectivity index (χ3v) is 10.6. The number of carbonyl (C=O) groups is 4. The number of hydrogen-bond acceptors (Lipinski definition) is 14. The largest absolute Gasteiger partial charge is 0.507 e. The third-order valence-electron chi connectivity index (χ3n) is 10.6. The molecule has 57 heavy (non-hydrogen) atoms. The molecule has 310 valence electrons. The molecule has 2 aromatic carbocycles. The number of carbonyl (C=O) groups excluding carboxylic acids is 4. The number of rotatable bonds is 5. The monoisotopic (exact) mass is 796 g/mol. The van der Waals surface area contributed by atoms with E-state index >= 15 is 0 Å². The number of methoxy groups -OCH3 is 1. The normalized spacial score (nSPS) is 30.3. The smallest absolute Gasteiger partial charge is 0.412 e. The van der Waals surface area contributed by atoms with Gasteiger partial charge in [0.15, 0.2) is 5.75 Å². The second-order valence-corrected chi connectivity index (χ2v) is 14.6. The molecule has 0 radical (unpaired) electrons. The van der Waals surface area contributed by atoms with Gasteiger partial charge < -0.3 is 54.5 Å². The summed E-state index contributed by atoms with van der Waals surface area (Å²) in [5.41, 5.74) is -1.40. The van der Waals surface area contributed by atoms with Crippen LogP contribution < -0.4 is 15.4 Å². The van der Waals surface area contributed by atoms with Gasteiger partial charge in [-0.2, -0.15) is 0 Å². The van der Waals surface area contributed by atoms with Gasteiger partial charge in [-0.3, -0.25) is 19.7 Å². The van der Waals surface area contributed by atoms with Crippen LogP contribution in [0.15, 0.2) is 48.8 Å². The van der Waals surface area contributed by atoms with Crippen molar-refractivity contribution in [3.8, 4) is 23.0 Å². The van der Waals surface area contributed by atoms with E-state index in [9.17, 15) is 44.7 Å². The van der Waals surface area contributed by atoms with Crippen molar-refractivity contribution in [3.63, 3.8) is 0 Å². The van der Waals surface area contributed by atoms with Gasteiger partial charge in [-0.15, -0.1) is 0 Å². The van der Waals surface area contributed by atoms with Crippen LogP contribution in [-0.2, 0) is 28.5 Å². The molecule has 5 rings (SSSR count). The van der Waals surface area contributed by atoms with E-state index in [2.05, 4.69) is 17.2 Å². The highest BCUT2D eigenvalue weighted by Crippen LogP contribution is 2.57. The van der Waals surface area contributed by atoms with Gasteiger partial charge in [0.05, 0.1) is 35.5 Å². The Balaban J connectivity index is 1.97. The lowest BCUT2D eigenvalue weighted by Gasteiger charge is -2.38. The number of ether oxygens (including phenoxy) is 5. The first kappa shape index (κ1) is 44.1. The topological polar surface area (TPSA) is 240 Å². The number of aliphatic hydroxyl groups excluding tert-OH is 2. The molecule has 3 aliphatic rings. The molecule has 2 aromatic rings. The Kier molecular flexibility index (Phi) is 13.7. The standard InChI is InChI=1S/C41H52N2O14/c1-11-16-54-40(52)43-30-29-35(49)27-26(34(30)48)28-37(23(7)33(27)47)57-41(9,38(28)50)55-17-15-25(53-10)20(4)36(56-24(8)44)22(6)32(46)21(5)31(45)18(2)13-12-14-19(3)39(51)42-29/h11-15,17-18,20-22,25,31-32,36,45-49H,1,16H2,2-10H3,(H,42,51)(H,43,52)/b13-12+,17-15+,19-14-/t18-,20-,21-,22-,25+,31+,32+,36-,41+/m1/s1. The molecule has 0 saturated heterocycles. The number of phenolic OH excluding ortho intramolecular Hbond substituents is 3. The first-order valence-electron chi connectivity index (χ1n) is 18.3. The van der Waals surface area contributed by atoms with Crippen LogP contribution in [0.5, 0.6) is 23.0 Å². The van der Waals surface area contributed by atoms with Crippen LogP contribution in [0.4, 0.5) is 16.2 Å². The summed E-state index contributed by atoms with van der Waals surface area (Å²) in [5, 5.41) is 61.6. The molecular weight excluding hydrogens is 744 g/mol. The minimum Gasteiger partial charge on any atom is -0.507 e. The summed E-state index contributed by atoms with van der Waals surface area (Å²) in [6.07, 6.45) is 3.25. The minimum absolute atomic E-state index is 0.0299. The van der Waals surface area contributed by atoms with Crippen molar-refractivity contribution in [2.75, 3.05) is 24.4 Å². The van der Waals surface area contributed by atoms with E-state index in [-0.39, 0.29) is 29.1 Å². The lowest BCUT2D eigenvalue weighted by Crippen LogP contribution is -2.46.